The van der Waals surface area contributed by atoms with Gasteiger partial charge in [0, 0.05) is 18.2 Å². The molecule has 2 heterocycles. The quantitative estimate of drug-likeness (QED) is 0.262. The van der Waals surface area contributed by atoms with Gasteiger partial charge < -0.3 is 24.1 Å². The zero-order chi connectivity index (χ0) is 31.7. The lowest BCUT2D eigenvalue weighted by atomic mass is 9.99. The molecule has 0 amide bonds. The monoisotopic (exact) mass is 617 g/mol. The van der Waals surface area contributed by atoms with Crippen molar-refractivity contribution in [1.29, 1.82) is 0 Å². The third-order valence-corrected chi connectivity index (χ3v) is 18.4. The molecule has 0 aliphatic carbocycles. The van der Waals surface area contributed by atoms with Crippen LogP contribution in [0.4, 0.5) is 5.82 Å². The van der Waals surface area contributed by atoms with E-state index in [2.05, 4.69) is 98.7 Å². The molecule has 236 valence electrons. The summed E-state index contributed by atoms with van der Waals surface area (Å²) in [6, 6.07) is 10.1. The number of aromatic nitrogens is 2. The van der Waals surface area contributed by atoms with Crippen LogP contribution in [0.15, 0.2) is 41.3 Å². The number of hydrogen-bond donors (Lipinski definition) is 1. The predicted octanol–water partition coefficient (Wildman–Crippen LogP) is 7.44. The van der Waals surface area contributed by atoms with Crippen LogP contribution in [0.3, 0.4) is 0 Å². The lowest BCUT2D eigenvalue weighted by Crippen LogP contribution is -2.48. The smallest absolute Gasteiger partial charge is 0.351 e. The first-order valence-corrected chi connectivity index (χ1v) is 21.1. The zero-order valence-electron chi connectivity index (χ0n) is 28.0. The predicted molar refractivity (Wildman–Crippen MR) is 175 cm³/mol. The lowest BCUT2D eigenvalue weighted by molar-refractivity contribution is -0.0416. The largest absolute Gasteiger partial charge is 0.414 e. The summed E-state index contributed by atoms with van der Waals surface area (Å²) in [4.78, 5) is 17.3. The molecule has 1 aromatic heterocycles. The summed E-state index contributed by atoms with van der Waals surface area (Å²) in [6.45, 7) is 27.3. The van der Waals surface area contributed by atoms with Crippen LogP contribution in [0.25, 0.3) is 0 Å². The molecule has 8 nitrogen and oxygen atoms in total. The number of nitrogen functional groups attached to an aromatic ring is 1. The van der Waals surface area contributed by atoms with Crippen molar-refractivity contribution in [2.24, 2.45) is 5.92 Å². The Kier molecular flexibility index (Phi) is 10.8. The van der Waals surface area contributed by atoms with Crippen LogP contribution < -0.4 is 11.4 Å². The van der Waals surface area contributed by atoms with Crippen molar-refractivity contribution in [2.75, 3.05) is 12.3 Å². The Morgan fingerprint density at radius 2 is 1.62 bits per heavy atom. The molecule has 0 saturated carbocycles. The third-order valence-electron chi connectivity index (χ3n) is 9.37. The Hall–Kier alpha value is -1.83. The number of benzene rings is 1. The SMILES string of the molecule is CC(C)C(OCc1cn([C@H]2CC(O[Si](C)(C)C(C)(C)C)[C@@H](CO[Si](C)(C)C(C)(C)C)O2)c(=O)nc1N)c1ccccc1. The second-order valence-electron chi connectivity index (χ2n) is 15.1. The molecule has 3 rings (SSSR count). The van der Waals surface area contributed by atoms with E-state index in [0.717, 1.165) is 5.56 Å². The minimum atomic E-state index is -2.12. The van der Waals surface area contributed by atoms with E-state index in [9.17, 15) is 4.79 Å². The maximum absolute atomic E-state index is 13.1. The number of rotatable bonds is 11. The molecule has 1 aromatic carbocycles. The summed E-state index contributed by atoms with van der Waals surface area (Å²) in [6.07, 6.45) is 1.12. The van der Waals surface area contributed by atoms with E-state index < -0.39 is 28.6 Å². The van der Waals surface area contributed by atoms with Crippen molar-refractivity contribution in [3.8, 4) is 0 Å². The van der Waals surface area contributed by atoms with Crippen molar-refractivity contribution < 1.29 is 18.3 Å². The molecule has 10 heteroatoms. The molecule has 2 unspecified atom stereocenters. The third kappa shape index (κ3) is 8.21. The molecule has 42 heavy (non-hydrogen) atoms. The highest BCUT2D eigenvalue weighted by atomic mass is 28.4. The highest BCUT2D eigenvalue weighted by Gasteiger charge is 2.47. The van der Waals surface area contributed by atoms with Crippen molar-refractivity contribution in [3.63, 3.8) is 0 Å². The molecule has 1 aliphatic rings. The van der Waals surface area contributed by atoms with Gasteiger partial charge in [0.15, 0.2) is 16.6 Å². The van der Waals surface area contributed by atoms with Crippen LogP contribution in [0.5, 0.6) is 0 Å². The summed E-state index contributed by atoms with van der Waals surface area (Å²) in [5.41, 5.74) is 7.54. The average molecular weight is 618 g/mol. The van der Waals surface area contributed by atoms with E-state index in [-0.39, 0.29) is 46.7 Å². The normalized spacial score (nSPS) is 21.2. The second kappa shape index (κ2) is 13.0. The molecule has 0 radical (unpaired) electrons. The first-order valence-electron chi connectivity index (χ1n) is 15.2. The van der Waals surface area contributed by atoms with E-state index in [1.54, 1.807) is 10.8 Å². The van der Waals surface area contributed by atoms with Crippen LogP contribution in [0.2, 0.25) is 36.3 Å². The van der Waals surface area contributed by atoms with Gasteiger partial charge in [0.05, 0.1) is 25.4 Å². The van der Waals surface area contributed by atoms with Crippen LogP contribution >= 0.6 is 0 Å². The standard InChI is InChI=1S/C32H55N3O5Si2/c1-22(2)28(23-16-14-13-15-17-23)37-20-24-19-35(30(36)34-29(24)33)27-18-25(40-42(11,12)32(6,7)8)26(39-27)21-38-41(9,10)31(3,4)5/h13-17,19,22,25-28H,18,20-21H2,1-12H3,(H2,33,34,36)/t25?,26-,27-,28?/m1/s1. The lowest BCUT2D eigenvalue weighted by Gasteiger charge is -2.40. The molecule has 1 fully saturated rings. The van der Waals surface area contributed by atoms with E-state index in [4.69, 9.17) is 24.1 Å². The van der Waals surface area contributed by atoms with Gasteiger partial charge in [-0.2, -0.15) is 4.98 Å². The molecular weight excluding hydrogens is 563 g/mol. The maximum atomic E-state index is 13.1. The molecule has 1 aliphatic heterocycles. The fourth-order valence-corrected chi connectivity index (χ4v) is 6.91. The van der Waals surface area contributed by atoms with Gasteiger partial charge >= 0.3 is 5.69 Å². The fourth-order valence-electron chi connectivity index (χ4n) is 4.54. The number of nitrogens with zero attached hydrogens (tertiary/aromatic N) is 2. The highest BCUT2D eigenvalue weighted by Crippen LogP contribution is 2.42. The van der Waals surface area contributed by atoms with Gasteiger partial charge in [0.25, 0.3) is 0 Å². The van der Waals surface area contributed by atoms with Crippen molar-refractivity contribution >= 4 is 22.5 Å². The van der Waals surface area contributed by atoms with Gasteiger partial charge in [-0.05, 0) is 47.7 Å². The van der Waals surface area contributed by atoms with Gasteiger partial charge in [-0.15, -0.1) is 0 Å². The minimum absolute atomic E-state index is 0.0335. The molecular formula is C32H55N3O5Si2. The molecule has 2 aromatic rings. The summed E-state index contributed by atoms with van der Waals surface area (Å²) in [5, 5.41) is 0.104. The second-order valence-corrected chi connectivity index (χ2v) is 24.6. The Labute approximate surface area is 255 Å². The van der Waals surface area contributed by atoms with Crippen LogP contribution in [-0.2, 0) is 24.9 Å². The van der Waals surface area contributed by atoms with Gasteiger partial charge in [0.1, 0.15) is 18.1 Å². The van der Waals surface area contributed by atoms with Gasteiger partial charge in [0.2, 0.25) is 0 Å². The van der Waals surface area contributed by atoms with Crippen LogP contribution in [-0.4, -0.2) is 45.0 Å². The fraction of sp³-hybridized carbons (Fsp3) is 0.688. The van der Waals surface area contributed by atoms with Gasteiger partial charge in [-0.25, -0.2) is 4.79 Å². The van der Waals surface area contributed by atoms with Crippen LogP contribution in [0, 0.1) is 5.92 Å². The Bertz CT molecular complexity index is 1240. The van der Waals surface area contributed by atoms with Gasteiger partial charge in [-0.1, -0.05) is 85.7 Å². The number of anilines is 1. The molecule has 0 bridgehead atoms. The van der Waals surface area contributed by atoms with E-state index in [1.807, 2.05) is 18.2 Å². The van der Waals surface area contributed by atoms with Crippen molar-refractivity contribution in [1.82, 2.24) is 9.55 Å². The molecule has 2 N–H and O–H groups in total. The first kappa shape index (κ1) is 34.7. The molecule has 1 saturated heterocycles. The molecule has 4 atom stereocenters. The van der Waals surface area contributed by atoms with Crippen LogP contribution in [0.1, 0.15) is 85.3 Å². The van der Waals surface area contributed by atoms with E-state index in [0.29, 0.717) is 18.6 Å². The highest BCUT2D eigenvalue weighted by molar-refractivity contribution is 6.74. The maximum Gasteiger partial charge on any atom is 0.351 e. The number of ether oxygens (including phenoxy) is 2. The number of nitrogens with two attached hydrogens (primary N) is 1. The summed E-state index contributed by atoms with van der Waals surface area (Å²) < 4.78 is 28.0. The van der Waals surface area contributed by atoms with Crippen molar-refractivity contribution in [2.45, 2.75) is 129 Å². The zero-order valence-corrected chi connectivity index (χ0v) is 30.0. The Morgan fingerprint density at radius 1 is 1.02 bits per heavy atom. The van der Waals surface area contributed by atoms with E-state index in [1.165, 1.54) is 0 Å². The van der Waals surface area contributed by atoms with Gasteiger partial charge in [-0.3, -0.25) is 4.57 Å². The topological polar surface area (TPSA) is 97.8 Å². The Balaban J connectivity index is 1.87. The summed E-state index contributed by atoms with van der Waals surface area (Å²) >= 11 is 0. The van der Waals surface area contributed by atoms with E-state index >= 15 is 0 Å². The summed E-state index contributed by atoms with van der Waals surface area (Å²) in [7, 11) is -4.15. The number of hydrogen-bond acceptors (Lipinski definition) is 7. The van der Waals surface area contributed by atoms with Crippen molar-refractivity contribution in [3.05, 3.63) is 58.1 Å². The first-order chi connectivity index (χ1) is 19.2. The molecule has 0 spiro atoms. The Morgan fingerprint density at radius 3 is 2.17 bits per heavy atom. The summed E-state index contributed by atoms with van der Waals surface area (Å²) in [5.74, 6) is 0.428. The minimum Gasteiger partial charge on any atom is -0.414 e. The average Bonchev–Trinajstić information content (AvgIpc) is 3.24.